The monoisotopic (exact) mass is 295 g/mol. The van der Waals surface area contributed by atoms with Gasteiger partial charge in [0, 0.05) is 21.9 Å². The van der Waals surface area contributed by atoms with Gasteiger partial charge in [0.05, 0.1) is 0 Å². The summed E-state index contributed by atoms with van der Waals surface area (Å²) in [5.74, 6) is 0.771. The summed E-state index contributed by atoms with van der Waals surface area (Å²) in [6.07, 6.45) is -0.0732. The number of thiophene rings is 1. The van der Waals surface area contributed by atoms with Gasteiger partial charge >= 0.3 is 0 Å². The minimum atomic E-state index is -0.146. The zero-order valence-corrected chi connectivity index (χ0v) is 12.7. The van der Waals surface area contributed by atoms with E-state index < -0.39 is 0 Å². The number of hydrogen-bond donors (Lipinski definition) is 1. The number of benzene rings is 1. The molecule has 0 spiro atoms. The molecule has 0 bridgehead atoms. The third-order valence-corrected chi connectivity index (χ3v) is 4.24. The van der Waals surface area contributed by atoms with Crippen LogP contribution >= 0.6 is 22.9 Å². The standard InChI is InChI=1S/C15H18ClNOS/c1-15(2,10-17)14(13-7-4-8-19-13)18-12-6-3-5-11(16)9-12/h3-9,14H,10,17H2,1-2H3. The van der Waals surface area contributed by atoms with Gasteiger partial charge in [0.2, 0.25) is 0 Å². The quantitative estimate of drug-likeness (QED) is 0.881. The third-order valence-electron chi connectivity index (χ3n) is 3.09. The number of hydrogen-bond acceptors (Lipinski definition) is 3. The van der Waals surface area contributed by atoms with Crippen molar-refractivity contribution in [1.29, 1.82) is 0 Å². The highest BCUT2D eigenvalue weighted by molar-refractivity contribution is 7.10. The second-order valence-electron chi connectivity index (χ2n) is 5.16. The Hall–Kier alpha value is -1.03. The molecule has 1 aromatic heterocycles. The van der Waals surface area contributed by atoms with Crippen LogP contribution < -0.4 is 10.5 Å². The smallest absolute Gasteiger partial charge is 0.139 e. The second kappa shape index (κ2) is 5.95. The lowest BCUT2D eigenvalue weighted by molar-refractivity contribution is 0.0821. The molecule has 4 heteroatoms. The van der Waals surface area contributed by atoms with Crippen molar-refractivity contribution < 1.29 is 4.74 Å². The molecule has 2 aromatic rings. The van der Waals surface area contributed by atoms with Crippen molar-refractivity contribution in [1.82, 2.24) is 0 Å². The summed E-state index contributed by atoms with van der Waals surface area (Å²) in [4.78, 5) is 1.18. The highest BCUT2D eigenvalue weighted by atomic mass is 35.5. The van der Waals surface area contributed by atoms with Gasteiger partial charge in [-0.15, -0.1) is 11.3 Å². The van der Waals surface area contributed by atoms with Crippen molar-refractivity contribution >= 4 is 22.9 Å². The maximum absolute atomic E-state index is 6.14. The molecule has 19 heavy (non-hydrogen) atoms. The molecule has 0 saturated carbocycles. The van der Waals surface area contributed by atoms with E-state index in [1.807, 2.05) is 30.3 Å². The van der Waals surface area contributed by atoms with Gasteiger partial charge in [0.15, 0.2) is 0 Å². The molecule has 2 N–H and O–H groups in total. The largest absolute Gasteiger partial charge is 0.484 e. The molecule has 1 unspecified atom stereocenters. The highest BCUT2D eigenvalue weighted by Gasteiger charge is 2.32. The topological polar surface area (TPSA) is 35.2 Å². The van der Waals surface area contributed by atoms with E-state index in [1.54, 1.807) is 11.3 Å². The van der Waals surface area contributed by atoms with Crippen LogP contribution in [-0.2, 0) is 0 Å². The fraction of sp³-hybridized carbons (Fsp3) is 0.333. The fourth-order valence-electron chi connectivity index (χ4n) is 1.83. The van der Waals surface area contributed by atoms with Crippen molar-refractivity contribution in [2.45, 2.75) is 20.0 Å². The Balaban J connectivity index is 2.29. The van der Waals surface area contributed by atoms with Gasteiger partial charge in [-0.2, -0.15) is 0 Å². The number of nitrogens with two attached hydrogens (primary N) is 1. The molecule has 0 aliphatic heterocycles. The van der Waals surface area contributed by atoms with E-state index in [4.69, 9.17) is 22.1 Å². The van der Waals surface area contributed by atoms with Crippen LogP contribution in [0.5, 0.6) is 5.75 Å². The molecule has 2 nitrogen and oxygen atoms in total. The Labute approximate surface area is 123 Å². The SMILES string of the molecule is CC(C)(CN)C(Oc1cccc(Cl)c1)c1cccs1. The Morgan fingerprint density at radius 3 is 2.68 bits per heavy atom. The Morgan fingerprint density at radius 2 is 2.11 bits per heavy atom. The zero-order chi connectivity index (χ0) is 13.9. The average molecular weight is 296 g/mol. The second-order valence-corrected chi connectivity index (χ2v) is 6.58. The van der Waals surface area contributed by atoms with Crippen molar-refractivity contribution in [3.63, 3.8) is 0 Å². The molecule has 2 rings (SSSR count). The predicted molar refractivity (Wildman–Crippen MR) is 82.0 cm³/mol. The third kappa shape index (κ3) is 3.50. The first-order valence-electron chi connectivity index (χ1n) is 6.18. The summed E-state index contributed by atoms with van der Waals surface area (Å²) in [7, 11) is 0. The van der Waals surface area contributed by atoms with Crippen LogP contribution in [0.3, 0.4) is 0 Å². The van der Waals surface area contributed by atoms with Crippen LogP contribution in [0.25, 0.3) is 0 Å². The van der Waals surface area contributed by atoms with E-state index in [1.165, 1.54) is 4.88 Å². The van der Waals surface area contributed by atoms with Crippen LogP contribution in [0.15, 0.2) is 41.8 Å². The van der Waals surface area contributed by atoms with Crippen molar-refractivity contribution in [2.24, 2.45) is 11.1 Å². The molecule has 0 fully saturated rings. The van der Waals surface area contributed by atoms with Crippen molar-refractivity contribution in [3.05, 3.63) is 51.7 Å². The summed E-state index contributed by atoms with van der Waals surface area (Å²) in [5, 5.41) is 2.73. The first-order chi connectivity index (χ1) is 9.03. The van der Waals surface area contributed by atoms with Gasteiger partial charge in [-0.05, 0) is 29.6 Å². The maximum Gasteiger partial charge on any atom is 0.139 e. The van der Waals surface area contributed by atoms with Gasteiger partial charge in [-0.1, -0.05) is 37.6 Å². The predicted octanol–water partition coefficient (Wildman–Crippen LogP) is 4.51. The Morgan fingerprint density at radius 1 is 1.32 bits per heavy atom. The molecule has 0 aliphatic rings. The van der Waals surface area contributed by atoms with Gasteiger partial charge in [-0.3, -0.25) is 0 Å². The first-order valence-corrected chi connectivity index (χ1v) is 7.44. The molecule has 1 atom stereocenters. The molecule has 0 saturated heterocycles. The molecule has 102 valence electrons. The van der Waals surface area contributed by atoms with Crippen LogP contribution in [0.4, 0.5) is 0 Å². The van der Waals surface area contributed by atoms with Crippen molar-refractivity contribution in [3.8, 4) is 5.75 Å². The van der Waals surface area contributed by atoms with Crippen molar-refractivity contribution in [2.75, 3.05) is 6.54 Å². The molecule has 1 heterocycles. The molecule has 1 aromatic carbocycles. The summed E-state index contributed by atoms with van der Waals surface area (Å²) >= 11 is 7.68. The van der Waals surface area contributed by atoms with E-state index in [2.05, 4.69) is 25.3 Å². The van der Waals surface area contributed by atoms with Gasteiger partial charge in [0.1, 0.15) is 11.9 Å². The average Bonchev–Trinajstić information content (AvgIpc) is 2.89. The molecule has 0 radical (unpaired) electrons. The van der Waals surface area contributed by atoms with E-state index in [9.17, 15) is 0 Å². The summed E-state index contributed by atoms with van der Waals surface area (Å²) in [6.45, 7) is 4.78. The lowest BCUT2D eigenvalue weighted by Gasteiger charge is -2.32. The summed E-state index contributed by atoms with van der Waals surface area (Å²) in [5.41, 5.74) is 5.75. The van der Waals surface area contributed by atoms with E-state index in [-0.39, 0.29) is 11.5 Å². The number of rotatable bonds is 5. The summed E-state index contributed by atoms with van der Waals surface area (Å²) < 4.78 is 6.14. The first kappa shape index (κ1) is 14.4. The lowest BCUT2D eigenvalue weighted by Crippen LogP contribution is -2.33. The van der Waals surface area contributed by atoms with E-state index in [0.29, 0.717) is 11.6 Å². The van der Waals surface area contributed by atoms with E-state index in [0.717, 1.165) is 5.75 Å². The lowest BCUT2D eigenvalue weighted by atomic mass is 9.85. The normalized spacial score (nSPS) is 13.3. The van der Waals surface area contributed by atoms with Gasteiger partial charge in [0.25, 0.3) is 0 Å². The molecule has 0 aliphatic carbocycles. The highest BCUT2D eigenvalue weighted by Crippen LogP contribution is 2.39. The minimum absolute atomic E-state index is 0.0732. The zero-order valence-electron chi connectivity index (χ0n) is 11.1. The van der Waals surface area contributed by atoms with Gasteiger partial charge in [-0.25, -0.2) is 0 Å². The number of halogens is 1. The number of ether oxygens (including phenoxy) is 1. The Bertz CT molecular complexity index is 525. The maximum atomic E-state index is 6.14. The fourth-order valence-corrected chi connectivity index (χ4v) is 2.97. The minimum Gasteiger partial charge on any atom is -0.484 e. The molecule has 0 amide bonds. The molecular formula is C15H18ClNOS. The molecular weight excluding hydrogens is 278 g/mol. The van der Waals surface area contributed by atoms with Crippen LogP contribution in [0, 0.1) is 5.41 Å². The Kier molecular flexibility index (Phi) is 4.50. The summed E-state index contributed by atoms with van der Waals surface area (Å²) in [6, 6.07) is 11.6. The van der Waals surface area contributed by atoms with Gasteiger partial charge < -0.3 is 10.5 Å². The van der Waals surface area contributed by atoms with Crippen LogP contribution in [-0.4, -0.2) is 6.54 Å². The van der Waals surface area contributed by atoms with Crippen LogP contribution in [0.2, 0.25) is 5.02 Å². The van der Waals surface area contributed by atoms with E-state index >= 15 is 0 Å². The van der Waals surface area contributed by atoms with Crippen LogP contribution in [0.1, 0.15) is 24.8 Å².